The summed E-state index contributed by atoms with van der Waals surface area (Å²) in [5.74, 6) is 0.127. The van der Waals surface area contributed by atoms with Gasteiger partial charge in [0.05, 0.1) is 11.6 Å². The number of likely N-dealkylation sites (tertiary alicyclic amines) is 2. The summed E-state index contributed by atoms with van der Waals surface area (Å²) < 4.78 is 0. The molecule has 4 rings (SSSR count). The number of carbonyl (C=O) groups is 2. The van der Waals surface area contributed by atoms with Crippen molar-refractivity contribution in [2.24, 2.45) is 11.8 Å². The third kappa shape index (κ3) is 4.40. The van der Waals surface area contributed by atoms with Gasteiger partial charge >= 0.3 is 6.03 Å². The van der Waals surface area contributed by atoms with E-state index in [1.54, 1.807) is 11.3 Å². The van der Waals surface area contributed by atoms with E-state index in [2.05, 4.69) is 29.2 Å². The van der Waals surface area contributed by atoms with Gasteiger partial charge in [-0.1, -0.05) is 0 Å². The minimum absolute atomic E-state index is 0.0539. The molecule has 172 valence electrons. The first-order chi connectivity index (χ1) is 14.8. The first-order valence-electron chi connectivity index (χ1n) is 11.4. The Kier molecular flexibility index (Phi) is 6.46. The van der Waals surface area contributed by atoms with Crippen LogP contribution >= 0.6 is 11.3 Å². The van der Waals surface area contributed by atoms with Crippen LogP contribution in [-0.4, -0.2) is 79.0 Å². The van der Waals surface area contributed by atoms with Crippen LogP contribution in [0.4, 0.5) is 15.5 Å². The number of anilines is 2. The first-order valence-corrected chi connectivity index (χ1v) is 12.3. The lowest BCUT2D eigenvalue weighted by molar-refractivity contribution is -0.135. The molecular weight excluding hydrogens is 412 g/mol. The normalized spacial score (nSPS) is 27.4. The third-order valence-electron chi connectivity index (χ3n) is 7.45. The Labute approximate surface area is 188 Å². The summed E-state index contributed by atoms with van der Waals surface area (Å²) in [6.45, 7) is 4.90. The van der Waals surface area contributed by atoms with E-state index in [0.29, 0.717) is 30.1 Å². The molecule has 2 fully saturated rings. The molecule has 3 atom stereocenters. The summed E-state index contributed by atoms with van der Waals surface area (Å²) in [7, 11) is 4.19. The molecule has 0 unspecified atom stereocenters. The summed E-state index contributed by atoms with van der Waals surface area (Å²) >= 11 is 1.61. The van der Waals surface area contributed by atoms with Crippen LogP contribution in [0.2, 0.25) is 0 Å². The van der Waals surface area contributed by atoms with Crippen LogP contribution in [0, 0.1) is 11.8 Å². The molecule has 0 radical (unpaired) electrons. The highest BCUT2D eigenvalue weighted by atomic mass is 32.1. The minimum atomic E-state index is -0.243. The maximum absolute atomic E-state index is 13.4. The van der Waals surface area contributed by atoms with Gasteiger partial charge in [-0.25, -0.2) is 4.79 Å². The molecule has 3 aliphatic rings. The van der Waals surface area contributed by atoms with E-state index in [1.165, 1.54) is 15.3 Å². The molecule has 3 amide bonds. The second kappa shape index (κ2) is 8.96. The fourth-order valence-corrected chi connectivity index (χ4v) is 6.64. The number of fused-ring (bicyclic) bond motifs is 2. The number of hydrogen-bond donors (Lipinski definition) is 3. The van der Waals surface area contributed by atoms with Crippen LogP contribution in [0.5, 0.6) is 0 Å². The number of nitrogens with one attached hydrogen (secondary N) is 1. The standard InChI is InChI=1S/C22H36N6O2S/c1-4-28(22(30)25-15-5-7-26(2)8-6-15)21(29)14-9-13-10-16-18(31-20(24)19(16)23)11-17(13)27(3)12-14/h13-15,17H,4-12,23-24H2,1-3H3,(H,25,30)/t13-,14-,17-/m1/s1. The monoisotopic (exact) mass is 448 g/mol. The predicted octanol–water partition coefficient (Wildman–Crippen LogP) is 1.60. The van der Waals surface area contributed by atoms with Crippen LogP contribution in [0.1, 0.15) is 36.6 Å². The number of urea groups is 1. The number of likely N-dealkylation sites (N-methyl/N-ethyl adjacent to an activating group) is 1. The molecule has 8 nitrogen and oxygen atoms in total. The zero-order valence-electron chi connectivity index (χ0n) is 18.9. The molecule has 2 saturated heterocycles. The Morgan fingerprint density at radius 2 is 1.90 bits per heavy atom. The van der Waals surface area contributed by atoms with Gasteiger partial charge < -0.3 is 26.6 Å². The Morgan fingerprint density at radius 1 is 1.19 bits per heavy atom. The van der Waals surface area contributed by atoms with Crippen molar-refractivity contribution in [1.29, 1.82) is 0 Å². The van der Waals surface area contributed by atoms with Crippen molar-refractivity contribution in [2.75, 3.05) is 51.7 Å². The molecule has 3 heterocycles. The average Bonchev–Trinajstić information content (AvgIpc) is 3.02. The van der Waals surface area contributed by atoms with E-state index in [4.69, 9.17) is 11.5 Å². The number of hydrogen-bond acceptors (Lipinski definition) is 7. The molecule has 1 aromatic rings. The average molecular weight is 449 g/mol. The topological polar surface area (TPSA) is 108 Å². The largest absolute Gasteiger partial charge is 0.396 e. The summed E-state index contributed by atoms with van der Waals surface area (Å²) in [4.78, 5) is 33.6. The van der Waals surface area contributed by atoms with E-state index < -0.39 is 0 Å². The number of nitrogens with two attached hydrogens (primary N) is 2. The van der Waals surface area contributed by atoms with E-state index in [0.717, 1.165) is 50.9 Å². The van der Waals surface area contributed by atoms with Gasteiger partial charge in [0.2, 0.25) is 5.91 Å². The number of amides is 3. The summed E-state index contributed by atoms with van der Waals surface area (Å²) in [6, 6.07) is 0.303. The molecule has 31 heavy (non-hydrogen) atoms. The fourth-order valence-electron chi connectivity index (χ4n) is 5.58. The number of thiophene rings is 1. The Bertz CT molecular complexity index is 834. The molecule has 9 heteroatoms. The summed E-state index contributed by atoms with van der Waals surface area (Å²) in [5, 5.41) is 3.81. The first kappa shape index (κ1) is 22.4. The van der Waals surface area contributed by atoms with Crippen LogP contribution in [-0.2, 0) is 17.6 Å². The van der Waals surface area contributed by atoms with E-state index in [9.17, 15) is 9.59 Å². The van der Waals surface area contributed by atoms with Crippen molar-refractivity contribution in [3.05, 3.63) is 10.4 Å². The number of nitrogen functional groups attached to an aromatic ring is 2. The number of piperidine rings is 2. The third-order valence-corrected chi connectivity index (χ3v) is 8.55. The second-order valence-electron chi connectivity index (χ2n) is 9.50. The molecule has 2 aliphatic heterocycles. The van der Waals surface area contributed by atoms with Crippen LogP contribution < -0.4 is 16.8 Å². The smallest absolute Gasteiger partial charge is 0.324 e. The Morgan fingerprint density at radius 3 is 2.58 bits per heavy atom. The lowest BCUT2D eigenvalue weighted by Crippen LogP contribution is -2.56. The highest BCUT2D eigenvalue weighted by molar-refractivity contribution is 7.16. The fraction of sp³-hybridized carbons (Fsp3) is 0.727. The SMILES string of the molecule is CCN(C(=O)NC1CCN(C)CC1)C(=O)[C@@H]1C[C@@H]2Cc3c(sc(N)c3N)C[C@H]2N(C)C1. The van der Waals surface area contributed by atoms with E-state index in [1.807, 2.05) is 6.92 Å². The van der Waals surface area contributed by atoms with Crippen molar-refractivity contribution in [2.45, 2.75) is 51.1 Å². The molecule has 0 aromatic carbocycles. The van der Waals surface area contributed by atoms with E-state index in [-0.39, 0.29) is 23.9 Å². The van der Waals surface area contributed by atoms with Gasteiger partial charge in [-0.3, -0.25) is 9.69 Å². The molecule has 1 aliphatic carbocycles. The lowest BCUT2D eigenvalue weighted by atomic mass is 9.74. The Balaban J connectivity index is 1.42. The second-order valence-corrected chi connectivity index (χ2v) is 10.6. The number of nitrogens with zero attached hydrogens (tertiary/aromatic N) is 3. The van der Waals surface area contributed by atoms with Crippen LogP contribution in [0.3, 0.4) is 0 Å². The summed E-state index contributed by atoms with van der Waals surface area (Å²) in [5.41, 5.74) is 14.2. The lowest BCUT2D eigenvalue weighted by Gasteiger charge is -2.45. The van der Waals surface area contributed by atoms with Crippen molar-refractivity contribution >= 4 is 34.0 Å². The van der Waals surface area contributed by atoms with Gasteiger partial charge in [0.1, 0.15) is 5.00 Å². The van der Waals surface area contributed by atoms with Gasteiger partial charge in [0.25, 0.3) is 0 Å². The molecule has 0 spiro atoms. The molecular formula is C22H36N6O2S. The zero-order valence-corrected chi connectivity index (χ0v) is 19.7. The van der Waals surface area contributed by atoms with Crippen LogP contribution in [0.15, 0.2) is 0 Å². The predicted molar refractivity (Wildman–Crippen MR) is 125 cm³/mol. The van der Waals surface area contributed by atoms with Crippen molar-refractivity contribution < 1.29 is 9.59 Å². The van der Waals surface area contributed by atoms with Crippen molar-refractivity contribution in [3.63, 3.8) is 0 Å². The zero-order chi connectivity index (χ0) is 22.3. The van der Waals surface area contributed by atoms with Gasteiger partial charge in [0, 0.05) is 30.1 Å². The maximum atomic E-state index is 13.4. The van der Waals surface area contributed by atoms with Gasteiger partial charge in [-0.15, -0.1) is 11.3 Å². The molecule has 0 bridgehead atoms. The van der Waals surface area contributed by atoms with Gasteiger partial charge in [-0.05, 0) is 77.7 Å². The van der Waals surface area contributed by atoms with Crippen LogP contribution in [0.25, 0.3) is 0 Å². The minimum Gasteiger partial charge on any atom is -0.396 e. The number of imide groups is 1. The highest BCUT2D eigenvalue weighted by Gasteiger charge is 2.43. The van der Waals surface area contributed by atoms with Gasteiger partial charge in [0.15, 0.2) is 0 Å². The van der Waals surface area contributed by atoms with Gasteiger partial charge in [-0.2, -0.15) is 0 Å². The van der Waals surface area contributed by atoms with Crippen molar-refractivity contribution in [3.8, 4) is 0 Å². The Hall–Kier alpha value is -1.84. The molecule has 5 N–H and O–H groups in total. The molecule has 1 aromatic heterocycles. The van der Waals surface area contributed by atoms with Crippen molar-refractivity contribution in [1.82, 2.24) is 20.0 Å². The molecule has 0 saturated carbocycles. The number of carbonyl (C=O) groups excluding carboxylic acids is 2. The summed E-state index contributed by atoms with van der Waals surface area (Å²) in [6.07, 6.45) is 4.45. The quantitative estimate of drug-likeness (QED) is 0.648. The highest BCUT2D eigenvalue weighted by Crippen LogP contribution is 2.44. The van der Waals surface area contributed by atoms with E-state index >= 15 is 0 Å². The maximum Gasteiger partial charge on any atom is 0.324 e. The number of rotatable bonds is 3.